The second kappa shape index (κ2) is 5.54. The minimum Gasteiger partial charge on any atom is -0.497 e. The summed E-state index contributed by atoms with van der Waals surface area (Å²) in [5.41, 5.74) is 1.91. The molecule has 0 aromatic heterocycles. The molecule has 1 saturated carbocycles. The van der Waals surface area contributed by atoms with Crippen molar-refractivity contribution < 1.29 is 4.74 Å². The van der Waals surface area contributed by atoms with Crippen LogP contribution in [0.15, 0.2) is 24.3 Å². The van der Waals surface area contributed by atoms with Crippen molar-refractivity contribution in [3.05, 3.63) is 29.8 Å². The first-order valence-electron chi connectivity index (χ1n) is 7.70. The van der Waals surface area contributed by atoms with E-state index < -0.39 is 0 Å². The average Bonchev–Trinajstić information content (AvgIpc) is 2.70. The highest BCUT2D eigenvalue weighted by atomic mass is 16.5. The van der Waals surface area contributed by atoms with Crippen LogP contribution in [0.3, 0.4) is 0 Å². The summed E-state index contributed by atoms with van der Waals surface area (Å²) in [7, 11) is 1.77. The van der Waals surface area contributed by atoms with Gasteiger partial charge in [-0.15, -0.1) is 0 Å². The maximum atomic E-state index is 5.44. The van der Waals surface area contributed by atoms with Crippen LogP contribution in [-0.4, -0.2) is 20.2 Å². The molecule has 2 atom stereocenters. The minimum absolute atomic E-state index is 0.399. The van der Waals surface area contributed by atoms with E-state index in [-0.39, 0.29) is 0 Å². The molecule has 0 bridgehead atoms. The van der Waals surface area contributed by atoms with Crippen LogP contribution in [0, 0.1) is 5.92 Å². The van der Waals surface area contributed by atoms with Gasteiger partial charge < -0.3 is 10.1 Å². The normalized spacial score (nSPS) is 31.3. The van der Waals surface area contributed by atoms with Crippen LogP contribution in [0.1, 0.15) is 44.1 Å². The van der Waals surface area contributed by atoms with E-state index in [9.17, 15) is 0 Å². The monoisotopic (exact) mass is 259 g/mol. The quantitative estimate of drug-likeness (QED) is 0.877. The molecule has 1 aliphatic carbocycles. The molecule has 2 aliphatic rings. The molecule has 3 rings (SSSR count). The molecular weight excluding hydrogens is 234 g/mol. The molecule has 0 radical (unpaired) electrons. The van der Waals surface area contributed by atoms with Crippen LogP contribution in [0.25, 0.3) is 0 Å². The van der Waals surface area contributed by atoms with Gasteiger partial charge in [-0.2, -0.15) is 0 Å². The number of ether oxygens (including phenoxy) is 1. The van der Waals surface area contributed by atoms with Crippen LogP contribution < -0.4 is 10.1 Å². The number of fused-ring (bicyclic) bond motifs is 1. The van der Waals surface area contributed by atoms with Gasteiger partial charge in [-0.1, -0.05) is 25.0 Å². The Morgan fingerprint density at radius 2 is 2.11 bits per heavy atom. The Hall–Kier alpha value is -1.02. The first-order chi connectivity index (χ1) is 9.35. The van der Waals surface area contributed by atoms with Crippen LogP contribution in [-0.2, 0) is 5.41 Å². The average molecular weight is 259 g/mol. The molecule has 2 nitrogen and oxygen atoms in total. The third-order valence-electron chi connectivity index (χ3n) is 5.22. The number of rotatable bonds is 2. The van der Waals surface area contributed by atoms with Crippen LogP contribution in [0.5, 0.6) is 5.75 Å². The van der Waals surface area contributed by atoms with E-state index in [0.29, 0.717) is 5.41 Å². The molecule has 0 spiro atoms. The summed E-state index contributed by atoms with van der Waals surface area (Å²) in [6.45, 7) is 2.37. The summed E-state index contributed by atoms with van der Waals surface area (Å²) in [6, 6.07) is 8.83. The highest BCUT2D eigenvalue weighted by Gasteiger charge is 2.42. The number of nitrogens with one attached hydrogen (secondary N) is 1. The van der Waals surface area contributed by atoms with Gasteiger partial charge in [0.05, 0.1) is 7.11 Å². The van der Waals surface area contributed by atoms with Crippen molar-refractivity contribution in [2.45, 2.75) is 43.9 Å². The number of benzene rings is 1. The number of methoxy groups -OCH3 is 1. The molecular formula is C17H25NO. The third-order valence-corrected chi connectivity index (χ3v) is 5.22. The van der Waals surface area contributed by atoms with E-state index in [1.54, 1.807) is 7.11 Å². The summed E-state index contributed by atoms with van der Waals surface area (Å²) in [4.78, 5) is 0. The van der Waals surface area contributed by atoms with Gasteiger partial charge in [-0.25, -0.2) is 0 Å². The van der Waals surface area contributed by atoms with Gasteiger partial charge in [0, 0.05) is 0 Å². The van der Waals surface area contributed by atoms with Crippen molar-refractivity contribution in [3.63, 3.8) is 0 Å². The Morgan fingerprint density at radius 3 is 3.00 bits per heavy atom. The maximum Gasteiger partial charge on any atom is 0.119 e. The maximum absolute atomic E-state index is 5.44. The molecule has 1 aromatic carbocycles. The van der Waals surface area contributed by atoms with E-state index in [1.807, 2.05) is 0 Å². The second-order valence-corrected chi connectivity index (χ2v) is 6.14. The van der Waals surface area contributed by atoms with E-state index in [0.717, 1.165) is 11.7 Å². The summed E-state index contributed by atoms with van der Waals surface area (Å²) in [5, 5.41) is 3.64. The smallest absolute Gasteiger partial charge is 0.119 e. The van der Waals surface area contributed by atoms with Gasteiger partial charge in [-0.3, -0.25) is 0 Å². The van der Waals surface area contributed by atoms with Crippen LogP contribution >= 0.6 is 0 Å². The van der Waals surface area contributed by atoms with E-state index >= 15 is 0 Å². The molecule has 104 valence electrons. The zero-order valence-electron chi connectivity index (χ0n) is 12.0. The number of hydrogen-bond donors (Lipinski definition) is 1. The lowest BCUT2D eigenvalue weighted by atomic mass is 9.61. The fourth-order valence-electron chi connectivity index (χ4n) is 4.20. The van der Waals surface area contributed by atoms with Gasteiger partial charge in [-0.05, 0) is 67.8 Å². The van der Waals surface area contributed by atoms with Gasteiger partial charge >= 0.3 is 0 Å². The summed E-state index contributed by atoms with van der Waals surface area (Å²) < 4.78 is 5.44. The fraction of sp³-hybridized carbons (Fsp3) is 0.647. The Bertz CT molecular complexity index is 431. The molecule has 2 heteroatoms. The molecule has 1 saturated heterocycles. The highest BCUT2D eigenvalue weighted by Crippen LogP contribution is 2.48. The zero-order chi connectivity index (χ0) is 13.1. The van der Waals surface area contributed by atoms with Crippen molar-refractivity contribution in [3.8, 4) is 5.75 Å². The van der Waals surface area contributed by atoms with Crippen LogP contribution in [0.2, 0.25) is 0 Å². The van der Waals surface area contributed by atoms with Crippen molar-refractivity contribution in [2.24, 2.45) is 5.92 Å². The van der Waals surface area contributed by atoms with Gasteiger partial charge in [0.2, 0.25) is 0 Å². The molecule has 2 unspecified atom stereocenters. The Morgan fingerprint density at radius 1 is 1.21 bits per heavy atom. The Balaban J connectivity index is 1.99. The molecule has 0 amide bonds. The number of hydrogen-bond acceptors (Lipinski definition) is 2. The second-order valence-electron chi connectivity index (χ2n) is 6.14. The summed E-state index contributed by atoms with van der Waals surface area (Å²) >= 11 is 0. The minimum atomic E-state index is 0.399. The molecule has 1 aliphatic heterocycles. The Kier molecular flexibility index (Phi) is 3.79. The lowest BCUT2D eigenvalue weighted by Crippen LogP contribution is -2.40. The first-order valence-corrected chi connectivity index (χ1v) is 7.70. The zero-order valence-corrected chi connectivity index (χ0v) is 12.0. The molecule has 1 aromatic rings. The van der Waals surface area contributed by atoms with E-state index in [1.165, 1.54) is 57.2 Å². The van der Waals surface area contributed by atoms with Crippen molar-refractivity contribution in [1.82, 2.24) is 5.32 Å². The summed E-state index contributed by atoms with van der Waals surface area (Å²) in [5.74, 6) is 1.81. The standard InChI is InChI=1S/C17H25NO/c1-19-16-8-4-7-14(12-16)17-9-3-2-6-15(17)13-18-11-5-10-17/h4,7-8,12,15,18H,2-3,5-6,9-11,13H2,1H3. The lowest BCUT2D eigenvalue weighted by molar-refractivity contribution is 0.181. The van der Waals surface area contributed by atoms with Gasteiger partial charge in [0.15, 0.2) is 0 Å². The molecule has 2 fully saturated rings. The third kappa shape index (κ3) is 2.38. The van der Waals surface area contributed by atoms with Gasteiger partial charge in [0.25, 0.3) is 0 Å². The topological polar surface area (TPSA) is 21.3 Å². The van der Waals surface area contributed by atoms with Gasteiger partial charge in [0.1, 0.15) is 5.75 Å². The van der Waals surface area contributed by atoms with Crippen molar-refractivity contribution in [1.29, 1.82) is 0 Å². The van der Waals surface area contributed by atoms with Crippen molar-refractivity contribution >= 4 is 0 Å². The van der Waals surface area contributed by atoms with E-state index in [2.05, 4.69) is 29.6 Å². The fourth-order valence-corrected chi connectivity index (χ4v) is 4.20. The molecule has 1 N–H and O–H groups in total. The lowest BCUT2D eigenvalue weighted by Gasteiger charge is -2.44. The SMILES string of the molecule is COc1cccc(C23CCCCC2CNCCC3)c1. The highest BCUT2D eigenvalue weighted by molar-refractivity contribution is 5.35. The van der Waals surface area contributed by atoms with Crippen molar-refractivity contribution in [2.75, 3.05) is 20.2 Å². The largest absolute Gasteiger partial charge is 0.497 e. The van der Waals surface area contributed by atoms with Crippen LogP contribution in [0.4, 0.5) is 0 Å². The predicted molar refractivity (Wildman–Crippen MR) is 78.7 cm³/mol. The first kappa shape index (κ1) is 13.0. The Labute approximate surface area is 116 Å². The predicted octanol–water partition coefficient (Wildman–Crippen LogP) is 3.51. The molecule has 19 heavy (non-hydrogen) atoms. The van der Waals surface area contributed by atoms with E-state index in [4.69, 9.17) is 4.74 Å². The summed E-state index contributed by atoms with van der Waals surface area (Å²) in [6.07, 6.45) is 8.15. The molecule has 1 heterocycles.